The summed E-state index contributed by atoms with van der Waals surface area (Å²) in [6.07, 6.45) is -1.19. The Morgan fingerprint density at radius 1 is 0.844 bits per heavy atom. The van der Waals surface area contributed by atoms with Crippen LogP contribution >= 0.6 is 11.7 Å². The number of para-hydroxylation sites is 1. The van der Waals surface area contributed by atoms with Gasteiger partial charge in [-0.15, -0.1) is 0 Å². The highest BCUT2D eigenvalue weighted by Crippen LogP contribution is 2.30. The van der Waals surface area contributed by atoms with Gasteiger partial charge in [-0.2, -0.15) is 21.9 Å². The molecule has 5 rings (SSSR count). The van der Waals surface area contributed by atoms with Gasteiger partial charge in [-0.25, -0.2) is 4.98 Å². The quantitative estimate of drug-likeness (QED) is 0.360. The van der Waals surface area contributed by atoms with Gasteiger partial charge in [-0.3, -0.25) is 9.36 Å². The molecule has 5 nitrogen and oxygen atoms in total. The Labute approximate surface area is 183 Å². The molecule has 2 heterocycles. The standard InChI is InChI=1S/C23H13F3N4OS/c24-23(25,26)15-4-3-5-16(13-15)30-21(27-18-7-2-1-6-17(18)22(30)31)11-9-14-8-10-19-20(12-14)29-32-28-19/h1-13H/b11-9+. The molecular formula is C23H13F3N4OS. The molecule has 0 amide bonds. The number of fused-ring (bicyclic) bond motifs is 2. The van der Waals surface area contributed by atoms with Crippen molar-refractivity contribution in [2.45, 2.75) is 6.18 Å². The molecule has 0 fully saturated rings. The maximum atomic E-state index is 13.3. The summed E-state index contributed by atoms with van der Waals surface area (Å²) in [6.45, 7) is 0. The van der Waals surface area contributed by atoms with Crippen LogP contribution in [0.1, 0.15) is 17.0 Å². The first kappa shape index (κ1) is 20.1. The minimum Gasteiger partial charge on any atom is -0.268 e. The first-order valence-corrected chi connectivity index (χ1v) is 10.2. The van der Waals surface area contributed by atoms with Gasteiger partial charge >= 0.3 is 6.18 Å². The summed E-state index contributed by atoms with van der Waals surface area (Å²) in [5.74, 6) is 0.213. The summed E-state index contributed by atoms with van der Waals surface area (Å²) in [5, 5.41) is 0.317. The molecule has 2 aromatic heterocycles. The first-order chi connectivity index (χ1) is 15.4. The number of aromatic nitrogens is 4. The monoisotopic (exact) mass is 450 g/mol. The van der Waals surface area contributed by atoms with Crippen molar-refractivity contribution in [1.29, 1.82) is 0 Å². The lowest BCUT2D eigenvalue weighted by Crippen LogP contribution is -2.22. The van der Waals surface area contributed by atoms with E-state index in [9.17, 15) is 18.0 Å². The number of nitrogens with zero attached hydrogens (tertiary/aromatic N) is 4. The molecule has 3 aromatic carbocycles. The van der Waals surface area contributed by atoms with Crippen LogP contribution < -0.4 is 5.56 Å². The number of hydrogen-bond donors (Lipinski definition) is 0. The Hall–Kier alpha value is -3.85. The predicted molar refractivity (Wildman–Crippen MR) is 119 cm³/mol. The zero-order chi connectivity index (χ0) is 22.3. The third-order valence-corrected chi connectivity index (χ3v) is 5.49. The van der Waals surface area contributed by atoms with Gasteiger partial charge in [0.1, 0.15) is 16.9 Å². The average molecular weight is 450 g/mol. The molecule has 0 radical (unpaired) electrons. The fourth-order valence-corrected chi connectivity index (χ4v) is 3.92. The average Bonchev–Trinajstić information content (AvgIpc) is 3.25. The molecule has 0 unspecified atom stereocenters. The Balaban J connectivity index is 1.70. The van der Waals surface area contributed by atoms with E-state index in [2.05, 4.69) is 13.7 Å². The van der Waals surface area contributed by atoms with Gasteiger partial charge in [0.05, 0.1) is 33.9 Å². The SMILES string of the molecule is O=c1c2ccccc2nc(/C=C/c2ccc3nsnc3c2)n1-c1cccc(C(F)(F)F)c1. The summed E-state index contributed by atoms with van der Waals surface area (Å²) in [6, 6.07) is 16.9. The molecule has 158 valence electrons. The summed E-state index contributed by atoms with van der Waals surface area (Å²) in [4.78, 5) is 17.8. The molecule has 0 aliphatic rings. The third kappa shape index (κ3) is 3.67. The summed E-state index contributed by atoms with van der Waals surface area (Å²) >= 11 is 1.11. The van der Waals surface area contributed by atoms with E-state index in [0.29, 0.717) is 10.9 Å². The lowest BCUT2D eigenvalue weighted by atomic mass is 10.1. The van der Waals surface area contributed by atoms with Crippen LogP contribution in [0.2, 0.25) is 0 Å². The number of halogens is 3. The van der Waals surface area contributed by atoms with E-state index in [1.54, 1.807) is 36.4 Å². The summed E-state index contributed by atoms with van der Waals surface area (Å²) in [7, 11) is 0. The topological polar surface area (TPSA) is 60.7 Å². The van der Waals surface area contributed by atoms with Crippen molar-refractivity contribution >= 4 is 45.8 Å². The fourth-order valence-electron chi connectivity index (χ4n) is 3.41. The Morgan fingerprint density at radius 3 is 2.50 bits per heavy atom. The van der Waals surface area contributed by atoms with Crippen molar-refractivity contribution in [2.24, 2.45) is 0 Å². The zero-order valence-corrected chi connectivity index (χ0v) is 17.1. The van der Waals surface area contributed by atoms with Crippen LogP contribution in [0.25, 0.3) is 39.8 Å². The van der Waals surface area contributed by atoms with Gasteiger partial charge in [-0.1, -0.05) is 30.3 Å². The molecular weight excluding hydrogens is 437 g/mol. The second-order valence-electron chi connectivity index (χ2n) is 7.02. The van der Waals surface area contributed by atoms with Crippen molar-refractivity contribution in [3.05, 3.63) is 94.0 Å². The van der Waals surface area contributed by atoms with Gasteiger partial charge in [0, 0.05) is 0 Å². The molecule has 0 saturated heterocycles. The summed E-state index contributed by atoms with van der Waals surface area (Å²) < 4.78 is 49.4. The van der Waals surface area contributed by atoms with E-state index in [0.717, 1.165) is 40.5 Å². The molecule has 0 atom stereocenters. The van der Waals surface area contributed by atoms with Crippen LogP contribution in [0.4, 0.5) is 13.2 Å². The summed E-state index contributed by atoms with van der Waals surface area (Å²) in [5.41, 5.74) is 1.56. The maximum absolute atomic E-state index is 13.3. The smallest absolute Gasteiger partial charge is 0.268 e. The first-order valence-electron chi connectivity index (χ1n) is 9.50. The molecule has 0 aliphatic carbocycles. The van der Waals surface area contributed by atoms with Crippen molar-refractivity contribution in [1.82, 2.24) is 18.3 Å². The fraction of sp³-hybridized carbons (Fsp3) is 0.0435. The highest BCUT2D eigenvalue weighted by Gasteiger charge is 2.30. The number of hydrogen-bond acceptors (Lipinski definition) is 5. The molecule has 9 heteroatoms. The lowest BCUT2D eigenvalue weighted by molar-refractivity contribution is -0.137. The van der Waals surface area contributed by atoms with E-state index in [1.807, 2.05) is 18.2 Å². The zero-order valence-electron chi connectivity index (χ0n) is 16.2. The van der Waals surface area contributed by atoms with Gasteiger partial charge in [0.2, 0.25) is 0 Å². The molecule has 0 bridgehead atoms. The number of rotatable bonds is 3. The number of alkyl halides is 3. The predicted octanol–water partition coefficient (Wildman–Crippen LogP) is 5.58. The van der Waals surface area contributed by atoms with E-state index in [4.69, 9.17) is 0 Å². The van der Waals surface area contributed by atoms with Crippen LogP contribution in [-0.4, -0.2) is 18.3 Å². The van der Waals surface area contributed by atoms with Gasteiger partial charge in [0.15, 0.2) is 0 Å². The van der Waals surface area contributed by atoms with E-state index in [1.165, 1.54) is 16.7 Å². The van der Waals surface area contributed by atoms with Crippen LogP contribution in [0.5, 0.6) is 0 Å². The van der Waals surface area contributed by atoms with Gasteiger partial charge < -0.3 is 0 Å². The van der Waals surface area contributed by atoms with Crippen LogP contribution in [-0.2, 0) is 6.18 Å². The lowest BCUT2D eigenvalue weighted by Gasteiger charge is -2.13. The highest BCUT2D eigenvalue weighted by molar-refractivity contribution is 7.00. The van der Waals surface area contributed by atoms with Crippen LogP contribution in [0.3, 0.4) is 0 Å². The van der Waals surface area contributed by atoms with Gasteiger partial charge in [-0.05, 0) is 54.1 Å². The van der Waals surface area contributed by atoms with Crippen molar-refractivity contribution in [3.63, 3.8) is 0 Å². The Kier molecular flexibility index (Phi) is 4.82. The van der Waals surface area contributed by atoms with E-state index >= 15 is 0 Å². The maximum Gasteiger partial charge on any atom is 0.416 e. The Bertz CT molecular complexity index is 1550. The molecule has 0 saturated carbocycles. The molecule has 0 spiro atoms. The van der Waals surface area contributed by atoms with Crippen molar-refractivity contribution < 1.29 is 13.2 Å². The van der Waals surface area contributed by atoms with Crippen LogP contribution in [0.15, 0.2) is 71.5 Å². The molecule has 32 heavy (non-hydrogen) atoms. The molecule has 5 aromatic rings. The van der Waals surface area contributed by atoms with Crippen molar-refractivity contribution in [2.75, 3.05) is 0 Å². The number of benzene rings is 3. The van der Waals surface area contributed by atoms with E-state index < -0.39 is 17.3 Å². The van der Waals surface area contributed by atoms with Crippen molar-refractivity contribution in [3.8, 4) is 5.69 Å². The van der Waals surface area contributed by atoms with E-state index in [-0.39, 0.29) is 11.5 Å². The highest BCUT2D eigenvalue weighted by atomic mass is 32.1. The minimum absolute atomic E-state index is 0.0851. The van der Waals surface area contributed by atoms with Gasteiger partial charge in [0.25, 0.3) is 5.56 Å². The molecule has 0 N–H and O–H groups in total. The van der Waals surface area contributed by atoms with Crippen LogP contribution in [0, 0.1) is 0 Å². The minimum atomic E-state index is -4.53. The normalized spacial score (nSPS) is 12.2. The molecule has 0 aliphatic heterocycles. The Morgan fingerprint density at radius 2 is 1.66 bits per heavy atom. The second kappa shape index (κ2) is 7.69. The second-order valence-corrected chi connectivity index (χ2v) is 7.55. The third-order valence-electron chi connectivity index (χ3n) is 4.94. The largest absolute Gasteiger partial charge is 0.416 e.